The fourth-order valence-corrected chi connectivity index (χ4v) is 3.62. The number of hydrogen-bond acceptors (Lipinski definition) is 13. The van der Waals surface area contributed by atoms with Gasteiger partial charge in [-0.25, -0.2) is 24.0 Å². The maximum Gasteiger partial charge on any atom is 0.337 e. The lowest BCUT2D eigenvalue weighted by Crippen LogP contribution is -2.86. The van der Waals surface area contributed by atoms with Crippen LogP contribution in [0.5, 0.6) is 0 Å². The van der Waals surface area contributed by atoms with E-state index in [2.05, 4.69) is 10.6 Å². The quantitative estimate of drug-likeness (QED) is 0.0683. The van der Waals surface area contributed by atoms with Crippen LogP contribution in [0.15, 0.2) is 30.3 Å². The highest BCUT2D eigenvalue weighted by molar-refractivity contribution is 6.13. The maximum atomic E-state index is 10.9. The molecule has 0 bridgehead atoms. The van der Waals surface area contributed by atoms with E-state index in [1.165, 1.54) is 6.07 Å². The predicted octanol–water partition coefficient (Wildman–Crippen LogP) is -3.72. The monoisotopic (exact) mass is 730 g/mol. The van der Waals surface area contributed by atoms with Gasteiger partial charge in [0, 0.05) is 39.6 Å². The standard InChI is InChI=1S/C10H6O8.C9H6O6.2C6H15NO2/c11-7(12)3-1-2-4(8(13)14)6(10(17)18)5(3)9(15)16;10-7(11)4-2-1-3-5(8(12)13)6(4)9(14)15;2*1-8-5-3-7-4-6-9-2/h1-2H,(H,11,12)(H,13,14)(H,15,16)(H,17,18);1-3H,(H,10,11)(H,12,13)(H,14,15);2*7H,3-6H2,1-2H3. The van der Waals surface area contributed by atoms with Crippen LogP contribution in [0.25, 0.3) is 0 Å². The average molecular weight is 731 g/mol. The summed E-state index contributed by atoms with van der Waals surface area (Å²) in [7, 11) is 6.85. The second-order valence-corrected chi connectivity index (χ2v) is 9.44. The van der Waals surface area contributed by atoms with Crippen LogP contribution in [-0.4, -0.2) is 148 Å². The summed E-state index contributed by atoms with van der Waals surface area (Å²) in [5.41, 5.74) is -5.97. The minimum absolute atomic E-state index is 0.539. The Morgan fingerprint density at radius 2 is 0.745 bits per heavy atom. The number of carboxylic acids is 7. The molecule has 2 rings (SSSR count). The number of rotatable bonds is 19. The number of nitrogens with two attached hydrogens (primary N) is 2. The molecule has 20 heteroatoms. The number of ether oxygens (including phenoxy) is 4. The first-order chi connectivity index (χ1) is 24.0. The largest absolute Gasteiger partial charge is 0.545 e. The SMILES string of the molecule is COCC[NH2+]CCOC.COCC[NH2+]CCOC.O=C(O)c1cccc(C(=O)O)c1C(=O)O.O=C([O-])c1ccc(C(=O)[O-])c(C(=O)O)c1C(=O)O. The molecule has 0 atom stereocenters. The Bertz CT molecular complexity index is 1350. The molecule has 0 unspecified atom stereocenters. The Labute approximate surface area is 291 Å². The van der Waals surface area contributed by atoms with E-state index < -0.39 is 80.7 Å². The number of carbonyl (C=O) groups excluding carboxylic acids is 2. The zero-order valence-corrected chi connectivity index (χ0v) is 28.2. The second kappa shape index (κ2) is 27.3. The summed E-state index contributed by atoms with van der Waals surface area (Å²) >= 11 is 0. The topological polar surface area (TPSA) is 337 Å². The molecular weight excluding hydrogens is 688 g/mol. The first kappa shape index (κ1) is 47.6. The summed E-state index contributed by atoms with van der Waals surface area (Å²) in [5, 5.41) is 69.3. The predicted molar refractivity (Wildman–Crippen MR) is 167 cm³/mol. The van der Waals surface area contributed by atoms with Gasteiger partial charge in [0.15, 0.2) is 0 Å². The highest BCUT2D eigenvalue weighted by atomic mass is 16.5. The summed E-state index contributed by atoms with van der Waals surface area (Å²) in [6.07, 6.45) is 0. The molecular formula is C31H42N2O18. The maximum absolute atomic E-state index is 10.9. The highest BCUT2D eigenvalue weighted by Gasteiger charge is 2.25. The Morgan fingerprint density at radius 3 is 0.941 bits per heavy atom. The van der Waals surface area contributed by atoms with Gasteiger partial charge in [-0.05, 0) is 12.1 Å². The molecule has 0 radical (unpaired) electrons. The van der Waals surface area contributed by atoms with Crippen molar-refractivity contribution in [2.45, 2.75) is 0 Å². The number of carboxylic acid groups (broad SMARTS) is 7. The molecule has 20 nitrogen and oxygen atoms in total. The van der Waals surface area contributed by atoms with Gasteiger partial charge >= 0.3 is 29.8 Å². The summed E-state index contributed by atoms with van der Waals surface area (Å²) in [6, 6.07) is 4.53. The molecule has 0 amide bonds. The molecule has 0 aliphatic rings. The number of hydrogen-bond donors (Lipinski definition) is 7. The first-order valence-electron chi connectivity index (χ1n) is 14.5. The van der Waals surface area contributed by atoms with Crippen LogP contribution < -0.4 is 20.8 Å². The van der Waals surface area contributed by atoms with Gasteiger partial charge in [-0.1, -0.05) is 18.2 Å². The van der Waals surface area contributed by atoms with E-state index in [4.69, 9.17) is 44.5 Å². The third kappa shape index (κ3) is 18.7. The van der Waals surface area contributed by atoms with Crippen molar-refractivity contribution in [3.8, 4) is 0 Å². The van der Waals surface area contributed by atoms with Crippen LogP contribution in [0, 0.1) is 0 Å². The fourth-order valence-electron chi connectivity index (χ4n) is 3.62. The molecule has 2 aromatic carbocycles. The van der Waals surface area contributed by atoms with E-state index in [-0.39, 0.29) is 0 Å². The van der Waals surface area contributed by atoms with Gasteiger partial charge in [-0.3, -0.25) is 0 Å². The third-order valence-corrected chi connectivity index (χ3v) is 5.92. The molecule has 0 saturated carbocycles. The molecule has 51 heavy (non-hydrogen) atoms. The van der Waals surface area contributed by atoms with Gasteiger partial charge in [0.2, 0.25) is 0 Å². The molecule has 0 aliphatic carbocycles. The van der Waals surface area contributed by atoms with Crippen molar-refractivity contribution in [2.75, 3.05) is 81.0 Å². The third-order valence-electron chi connectivity index (χ3n) is 5.92. The van der Waals surface area contributed by atoms with Crippen LogP contribution in [0.2, 0.25) is 0 Å². The van der Waals surface area contributed by atoms with Crippen molar-refractivity contribution in [2.24, 2.45) is 0 Å². The van der Waals surface area contributed by atoms with Crippen LogP contribution in [0.3, 0.4) is 0 Å². The summed E-state index contributed by atoms with van der Waals surface area (Å²) in [6.45, 7) is 7.40. The van der Waals surface area contributed by atoms with Gasteiger partial charge in [0.05, 0.1) is 92.4 Å². The van der Waals surface area contributed by atoms with E-state index in [9.17, 15) is 43.8 Å². The molecule has 2 aromatic rings. The van der Waals surface area contributed by atoms with Crippen molar-refractivity contribution in [1.82, 2.24) is 0 Å². The van der Waals surface area contributed by atoms with Crippen molar-refractivity contribution < 1.29 is 98.9 Å². The first-order valence-corrected chi connectivity index (χ1v) is 14.5. The van der Waals surface area contributed by atoms with Crippen LogP contribution in [0.1, 0.15) is 72.5 Å². The lowest BCUT2D eigenvalue weighted by molar-refractivity contribution is -0.657. The van der Waals surface area contributed by atoms with Crippen molar-refractivity contribution in [3.63, 3.8) is 0 Å². The summed E-state index contributed by atoms with van der Waals surface area (Å²) in [4.78, 5) is 75.0. The van der Waals surface area contributed by atoms with E-state index in [0.29, 0.717) is 12.1 Å². The van der Waals surface area contributed by atoms with Crippen molar-refractivity contribution in [3.05, 3.63) is 69.3 Å². The zero-order valence-electron chi connectivity index (χ0n) is 28.2. The molecule has 0 spiro atoms. The zero-order chi connectivity index (χ0) is 39.5. The molecule has 0 aliphatic heterocycles. The van der Waals surface area contributed by atoms with E-state index >= 15 is 0 Å². The number of methoxy groups -OCH3 is 4. The smallest absolute Gasteiger partial charge is 0.337 e. The highest BCUT2D eigenvalue weighted by Crippen LogP contribution is 2.20. The number of benzene rings is 2. The molecule has 0 fully saturated rings. The van der Waals surface area contributed by atoms with Crippen molar-refractivity contribution >= 4 is 41.8 Å². The summed E-state index contributed by atoms with van der Waals surface area (Å²) < 4.78 is 19.4. The number of aromatic carboxylic acids is 7. The van der Waals surface area contributed by atoms with E-state index in [1.807, 2.05) is 0 Å². The van der Waals surface area contributed by atoms with Gasteiger partial charge in [-0.2, -0.15) is 0 Å². The minimum atomic E-state index is -1.93. The van der Waals surface area contributed by atoms with E-state index in [1.54, 1.807) is 28.4 Å². The Hall–Kier alpha value is -5.51. The Morgan fingerprint density at radius 1 is 0.471 bits per heavy atom. The minimum Gasteiger partial charge on any atom is -0.545 e. The lowest BCUT2D eigenvalue weighted by atomic mass is 9.95. The molecule has 9 N–H and O–H groups in total. The van der Waals surface area contributed by atoms with Crippen LogP contribution >= 0.6 is 0 Å². The van der Waals surface area contributed by atoms with Gasteiger partial charge < -0.3 is 74.9 Å². The second-order valence-electron chi connectivity index (χ2n) is 9.44. The normalized spacial score (nSPS) is 9.80. The van der Waals surface area contributed by atoms with E-state index in [0.717, 1.165) is 64.7 Å². The Kier molecular flexibility index (Phi) is 25.5. The van der Waals surface area contributed by atoms with Crippen LogP contribution in [0.4, 0.5) is 0 Å². The van der Waals surface area contributed by atoms with Crippen LogP contribution in [-0.2, 0) is 18.9 Å². The molecule has 284 valence electrons. The number of carbonyl (C=O) groups is 7. The van der Waals surface area contributed by atoms with Crippen molar-refractivity contribution in [1.29, 1.82) is 0 Å². The van der Waals surface area contributed by atoms with Gasteiger partial charge in [0.1, 0.15) is 0 Å². The Balaban J connectivity index is 0. The fraction of sp³-hybridized carbons (Fsp3) is 0.387. The number of quaternary nitrogens is 2. The molecule has 0 saturated heterocycles. The van der Waals surface area contributed by atoms with Gasteiger partial charge in [0.25, 0.3) is 0 Å². The van der Waals surface area contributed by atoms with Gasteiger partial charge in [-0.15, -0.1) is 0 Å². The average Bonchev–Trinajstić information content (AvgIpc) is 3.07. The lowest BCUT2D eigenvalue weighted by Gasteiger charge is -2.14. The summed E-state index contributed by atoms with van der Waals surface area (Å²) in [5.74, 6) is -12.2. The molecule has 0 aromatic heterocycles. The molecule has 0 heterocycles.